The van der Waals surface area contributed by atoms with Gasteiger partial charge in [-0.1, -0.05) is 17.7 Å². The molecule has 0 spiro atoms. The largest absolute Gasteiger partial charge is 0.324 e. The first kappa shape index (κ1) is 14.6. The van der Waals surface area contributed by atoms with Crippen LogP contribution in [0.3, 0.4) is 0 Å². The van der Waals surface area contributed by atoms with Crippen molar-refractivity contribution >= 4 is 23.2 Å². The number of hydrogen-bond acceptors (Lipinski definition) is 2. The Labute approximate surface area is 123 Å². The lowest BCUT2D eigenvalue weighted by molar-refractivity contribution is -0.115. The van der Waals surface area contributed by atoms with Crippen LogP contribution in [0, 0.1) is 27.7 Å². The lowest BCUT2D eigenvalue weighted by Gasteiger charge is -2.11. The number of hydrogen-bond donors (Lipinski definition) is 2. The van der Waals surface area contributed by atoms with E-state index in [4.69, 9.17) is 11.6 Å². The van der Waals surface area contributed by atoms with Gasteiger partial charge in [0.05, 0.1) is 22.8 Å². The summed E-state index contributed by atoms with van der Waals surface area (Å²) in [6, 6.07) is 3.84. The van der Waals surface area contributed by atoms with Crippen LogP contribution in [-0.2, 0) is 11.2 Å². The van der Waals surface area contributed by atoms with Gasteiger partial charge in [0, 0.05) is 11.3 Å². The number of nitrogens with one attached hydrogen (secondary N) is 2. The number of benzene rings is 1. The van der Waals surface area contributed by atoms with Gasteiger partial charge in [-0.15, -0.1) is 0 Å². The first-order chi connectivity index (χ1) is 9.38. The Bertz CT molecular complexity index is 619. The Morgan fingerprint density at radius 3 is 2.55 bits per heavy atom. The number of carbonyl (C=O) groups is 1. The molecule has 1 aromatic heterocycles. The number of aromatic amines is 1. The number of halogens is 1. The van der Waals surface area contributed by atoms with E-state index < -0.39 is 0 Å². The molecule has 5 heteroatoms. The van der Waals surface area contributed by atoms with Gasteiger partial charge in [-0.2, -0.15) is 5.10 Å². The minimum atomic E-state index is -0.0912. The summed E-state index contributed by atoms with van der Waals surface area (Å²) in [7, 11) is 0. The molecule has 0 saturated heterocycles. The SMILES string of the molecule is Cc1cc(C)c(NC(=O)Cc2c(C)n[nH]c2C)c(Cl)c1. The molecule has 2 rings (SSSR count). The first-order valence-corrected chi connectivity index (χ1v) is 6.83. The molecule has 0 unspecified atom stereocenters. The second kappa shape index (κ2) is 5.67. The molecule has 0 bridgehead atoms. The molecular formula is C15H18ClN3O. The lowest BCUT2D eigenvalue weighted by atomic mass is 10.1. The van der Waals surface area contributed by atoms with E-state index >= 15 is 0 Å². The maximum atomic E-state index is 12.2. The fourth-order valence-electron chi connectivity index (χ4n) is 2.25. The van der Waals surface area contributed by atoms with E-state index in [0.717, 1.165) is 28.1 Å². The zero-order chi connectivity index (χ0) is 14.9. The van der Waals surface area contributed by atoms with Crippen LogP contribution in [-0.4, -0.2) is 16.1 Å². The van der Waals surface area contributed by atoms with Crippen molar-refractivity contribution in [1.82, 2.24) is 10.2 Å². The van der Waals surface area contributed by atoms with Crippen LogP contribution in [0.25, 0.3) is 0 Å². The molecule has 0 aliphatic carbocycles. The van der Waals surface area contributed by atoms with Crippen LogP contribution in [0.2, 0.25) is 5.02 Å². The molecule has 2 N–H and O–H groups in total. The Morgan fingerprint density at radius 2 is 2.00 bits per heavy atom. The number of aryl methyl sites for hydroxylation is 4. The van der Waals surface area contributed by atoms with Crippen LogP contribution < -0.4 is 5.32 Å². The molecule has 20 heavy (non-hydrogen) atoms. The van der Waals surface area contributed by atoms with E-state index in [-0.39, 0.29) is 12.3 Å². The number of carbonyl (C=O) groups excluding carboxylic acids is 1. The van der Waals surface area contributed by atoms with Gasteiger partial charge in [-0.05, 0) is 44.9 Å². The zero-order valence-electron chi connectivity index (χ0n) is 12.1. The van der Waals surface area contributed by atoms with E-state index in [2.05, 4.69) is 15.5 Å². The number of H-pyrrole nitrogens is 1. The van der Waals surface area contributed by atoms with Crippen molar-refractivity contribution in [2.45, 2.75) is 34.1 Å². The van der Waals surface area contributed by atoms with Gasteiger partial charge < -0.3 is 5.32 Å². The summed E-state index contributed by atoms with van der Waals surface area (Å²) in [4.78, 5) is 12.2. The summed E-state index contributed by atoms with van der Waals surface area (Å²) in [6.07, 6.45) is 0.289. The van der Waals surface area contributed by atoms with Crippen LogP contribution in [0.1, 0.15) is 28.1 Å². The number of rotatable bonds is 3. The van der Waals surface area contributed by atoms with Crippen LogP contribution in [0.4, 0.5) is 5.69 Å². The average Bonchev–Trinajstić information content (AvgIpc) is 2.65. The highest BCUT2D eigenvalue weighted by Gasteiger charge is 2.14. The minimum absolute atomic E-state index is 0.0912. The van der Waals surface area contributed by atoms with Crippen molar-refractivity contribution in [3.05, 3.63) is 45.2 Å². The zero-order valence-corrected chi connectivity index (χ0v) is 12.9. The molecule has 0 radical (unpaired) electrons. The van der Waals surface area contributed by atoms with Gasteiger partial charge in [0.15, 0.2) is 0 Å². The van der Waals surface area contributed by atoms with Crippen LogP contribution >= 0.6 is 11.6 Å². The summed E-state index contributed by atoms with van der Waals surface area (Å²) in [5.74, 6) is -0.0912. The van der Waals surface area contributed by atoms with Gasteiger partial charge in [-0.3, -0.25) is 9.89 Å². The second-order valence-electron chi connectivity index (χ2n) is 5.08. The fraction of sp³-hybridized carbons (Fsp3) is 0.333. The quantitative estimate of drug-likeness (QED) is 0.909. The van der Waals surface area contributed by atoms with Gasteiger partial charge >= 0.3 is 0 Å². The molecule has 1 amide bonds. The Hall–Kier alpha value is -1.81. The van der Waals surface area contributed by atoms with Gasteiger partial charge in [0.25, 0.3) is 0 Å². The third-order valence-electron chi connectivity index (χ3n) is 3.31. The van der Waals surface area contributed by atoms with E-state index in [0.29, 0.717) is 10.7 Å². The van der Waals surface area contributed by atoms with Gasteiger partial charge in [-0.25, -0.2) is 0 Å². The predicted molar refractivity (Wildman–Crippen MR) is 81.3 cm³/mol. The maximum absolute atomic E-state index is 12.2. The number of nitrogens with zero attached hydrogens (tertiary/aromatic N) is 1. The highest BCUT2D eigenvalue weighted by molar-refractivity contribution is 6.34. The topological polar surface area (TPSA) is 57.8 Å². The van der Waals surface area contributed by atoms with E-state index in [1.807, 2.05) is 39.8 Å². The van der Waals surface area contributed by atoms with Crippen molar-refractivity contribution in [3.8, 4) is 0 Å². The van der Waals surface area contributed by atoms with Crippen molar-refractivity contribution in [2.24, 2.45) is 0 Å². The minimum Gasteiger partial charge on any atom is -0.324 e. The summed E-state index contributed by atoms with van der Waals surface area (Å²) in [5.41, 5.74) is 5.43. The van der Waals surface area contributed by atoms with E-state index in [9.17, 15) is 4.79 Å². The predicted octanol–water partition coefficient (Wildman–Crippen LogP) is 3.48. The fourth-order valence-corrected chi connectivity index (χ4v) is 2.62. The summed E-state index contributed by atoms with van der Waals surface area (Å²) < 4.78 is 0. The number of anilines is 1. The normalized spacial score (nSPS) is 10.7. The van der Waals surface area contributed by atoms with Crippen molar-refractivity contribution in [1.29, 1.82) is 0 Å². The standard InChI is InChI=1S/C15H18ClN3O/c1-8-5-9(2)15(13(16)6-8)17-14(20)7-12-10(3)18-19-11(12)4/h5-6H,7H2,1-4H3,(H,17,20)(H,18,19). The molecule has 4 nitrogen and oxygen atoms in total. The molecule has 1 aromatic carbocycles. The number of aromatic nitrogens is 2. The molecule has 0 saturated carbocycles. The Morgan fingerprint density at radius 1 is 1.30 bits per heavy atom. The second-order valence-corrected chi connectivity index (χ2v) is 5.48. The smallest absolute Gasteiger partial charge is 0.228 e. The van der Waals surface area contributed by atoms with Crippen molar-refractivity contribution in [2.75, 3.05) is 5.32 Å². The Balaban J connectivity index is 2.17. The summed E-state index contributed by atoms with van der Waals surface area (Å²) >= 11 is 6.19. The van der Waals surface area contributed by atoms with Crippen LogP contribution in [0.5, 0.6) is 0 Å². The highest BCUT2D eigenvalue weighted by Crippen LogP contribution is 2.27. The molecule has 0 atom stereocenters. The third-order valence-corrected chi connectivity index (χ3v) is 3.61. The van der Waals surface area contributed by atoms with Crippen molar-refractivity contribution < 1.29 is 4.79 Å². The molecule has 0 fully saturated rings. The maximum Gasteiger partial charge on any atom is 0.228 e. The molecule has 0 aliphatic rings. The van der Waals surface area contributed by atoms with Crippen LogP contribution in [0.15, 0.2) is 12.1 Å². The molecule has 0 aliphatic heterocycles. The molecule has 1 heterocycles. The number of amides is 1. The van der Waals surface area contributed by atoms with Gasteiger partial charge in [0.2, 0.25) is 5.91 Å². The highest BCUT2D eigenvalue weighted by atomic mass is 35.5. The molecule has 106 valence electrons. The van der Waals surface area contributed by atoms with Crippen molar-refractivity contribution in [3.63, 3.8) is 0 Å². The molecular weight excluding hydrogens is 274 g/mol. The van der Waals surface area contributed by atoms with E-state index in [1.165, 1.54) is 0 Å². The third kappa shape index (κ3) is 3.02. The average molecular weight is 292 g/mol. The summed E-state index contributed by atoms with van der Waals surface area (Å²) in [5, 5.41) is 10.4. The van der Waals surface area contributed by atoms with Gasteiger partial charge in [0.1, 0.15) is 0 Å². The lowest BCUT2D eigenvalue weighted by Crippen LogP contribution is -2.16. The molecule has 2 aromatic rings. The first-order valence-electron chi connectivity index (χ1n) is 6.45. The Kier molecular flexibility index (Phi) is 4.14. The van der Waals surface area contributed by atoms with E-state index in [1.54, 1.807) is 0 Å². The monoisotopic (exact) mass is 291 g/mol. The summed E-state index contributed by atoms with van der Waals surface area (Å²) in [6.45, 7) is 7.70.